The quantitative estimate of drug-likeness (QED) is 0.766. The predicted octanol–water partition coefficient (Wildman–Crippen LogP) is 2.83. The molecule has 0 aromatic carbocycles. The summed E-state index contributed by atoms with van der Waals surface area (Å²) in [6.45, 7) is 6.45. The van der Waals surface area contributed by atoms with Gasteiger partial charge in [-0.15, -0.1) is 0 Å². The number of nitrogens with two attached hydrogens (primary N) is 1. The van der Waals surface area contributed by atoms with Crippen LogP contribution in [0.3, 0.4) is 0 Å². The van der Waals surface area contributed by atoms with E-state index in [2.05, 4.69) is 26.1 Å². The van der Waals surface area contributed by atoms with Crippen LogP contribution in [-0.2, 0) is 4.79 Å². The van der Waals surface area contributed by atoms with Crippen molar-refractivity contribution in [3.8, 4) is 0 Å². The first kappa shape index (κ1) is 15.5. The predicted molar refractivity (Wildman–Crippen MR) is 76.2 cm³/mol. The van der Waals surface area contributed by atoms with Crippen LogP contribution in [0.1, 0.15) is 65.7 Å². The molecule has 0 radical (unpaired) electrons. The van der Waals surface area contributed by atoms with Crippen LogP contribution in [0.4, 0.5) is 0 Å². The second kappa shape index (κ2) is 7.78. The summed E-state index contributed by atoms with van der Waals surface area (Å²) < 4.78 is 0. The first-order valence-corrected chi connectivity index (χ1v) is 7.58. The maximum atomic E-state index is 11.9. The van der Waals surface area contributed by atoms with Crippen LogP contribution in [0.5, 0.6) is 0 Å². The zero-order valence-electron chi connectivity index (χ0n) is 12.2. The fourth-order valence-electron chi connectivity index (χ4n) is 2.93. The minimum Gasteiger partial charge on any atom is -0.352 e. The normalized spacial score (nSPS) is 26.1. The molecule has 1 aliphatic carbocycles. The lowest BCUT2D eigenvalue weighted by Gasteiger charge is -2.29. The molecular weight excluding hydrogens is 224 g/mol. The molecule has 0 heterocycles. The maximum absolute atomic E-state index is 11.9. The molecule has 1 atom stereocenters. The van der Waals surface area contributed by atoms with Gasteiger partial charge in [0.25, 0.3) is 0 Å². The van der Waals surface area contributed by atoms with Gasteiger partial charge in [-0.25, -0.2) is 0 Å². The first-order valence-electron chi connectivity index (χ1n) is 7.58. The molecule has 3 nitrogen and oxygen atoms in total. The van der Waals surface area contributed by atoms with Crippen molar-refractivity contribution in [2.75, 3.05) is 0 Å². The molecule has 1 fully saturated rings. The van der Waals surface area contributed by atoms with Crippen LogP contribution in [0.2, 0.25) is 0 Å². The number of amides is 1. The smallest absolute Gasteiger partial charge is 0.237 e. The van der Waals surface area contributed by atoms with Gasteiger partial charge in [0.2, 0.25) is 5.91 Å². The molecule has 1 rings (SSSR count). The minimum atomic E-state index is -0.335. The Morgan fingerprint density at radius 2 is 1.89 bits per heavy atom. The van der Waals surface area contributed by atoms with E-state index in [1.54, 1.807) is 0 Å². The van der Waals surface area contributed by atoms with Gasteiger partial charge in [-0.3, -0.25) is 4.79 Å². The molecule has 0 unspecified atom stereocenters. The monoisotopic (exact) mass is 254 g/mol. The Hall–Kier alpha value is -0.570. The Bertz CT molecular complexity index is 245. The average Bonchev–Trinajstić information content (AvgIpc) is 2.31. The average molecular weight is 254 g/mol. The Labute approximate surface area is 112 Å². The molecule has 18 heavy (non-hydrogen) atoms. The van der Waals surface area contributed by atoms with E-state index < -0.39 is 0 Å². The largest absolute Gasteiger partial charge is 0.352 e. The van der Waals surface area contributed by atoms with Crippen LogP contribution in [-0.4, -0.2) is 18.0 Å². The van der Waals surface area contributed by atoms with Crippen molar-refractivity contribution in [3.63, 3.8) is 0 Å². The highest BCUT2D eigenvalue weighted by Gasteiger charge is 2.23. The third-order valence-corrected chi connectivity index (χ3v) is 3.95. The summed E-state index contributed by atoms with van der Waals surface area (Å²) in [6, 6.07) is 0.0298. The molecule has 0 aliphatic heterocycles. The summed E-state index contributed by atoms with van der Waals surface area (Å²) in [5.74, 6) is 1.40. The lowest BCUT2D eigenvalue weighted by molar-refractivity contribution is -0.123. The molecule has 0 bridgehead atoms. The molecule has 1 amide bonds. The second-order valence-corrected chi connectivity index (χ2v) is 6.25. The lowest BCUT2D eigenvalue weighted by atomic mass is 9.83. The van der Waals surface area contributed by atoms with E-state index in [-0.39, 0.29) is 11.9 Å². The van der Waals surface area contributed by atoms with Crippen molar-refractivity contribution < 1.29 is 4.79 Å². The second-order valence-electron chi connectivity index (χ2n) is 6.25. The molecule has 106 valence electrons. The van der Waals surface area contributed by atoms with E-state index in [4.69, 9.17) is 5.73 Å². The van der Waals surface area contributed by atoms with Gasteiger partial charge in [-0.1, -0.05) is 33.6 Å². The van der Waals surface area contributed by atoms with Crippen molar-refractivity contribution >= 4 is 5.91 Å². The molecule has 0 saturated heterocycles. The van der Waals surface area contributed by atoms with Gasteiger partial charge >= 0.3 is 0 Å². The first-order chi connectivity index (χ1) is 8.52. The topological polar surface area (TPSA) is 55.1 Å². The van der Waals surface area contributed by atoms with E-state index in [0.29, 0.717) is 12.0 Å². The molecule has 0 spiro atoms. The van der Waals surface area contributed by atoms with Crippen LogP contribution in [0, 0.1) is 11.8 Å². The number of rotatable bonds is 6. The molecule has 1 saturated carbocycles. The number of nitrogens with one attached hydrogen (secondary N) is 1. The van der Waals surface area contributed by atoms with Gasteiger partial charge in [-0.05, 0) is 43.9 Å². The van der Waals surface area contributed by atoms with Gasteiger partial charge in [-0.2, -0.15) is 0 Å². The summed E-state index contributed by atoms with van der Waals surface area (Å²) in [5.41, 5.74) is 5.90. The van der Waals surface area contributed by atoms with Crippen LogP contribution < -0.4 is 11.1 Å². The summed E-state index contributed by atoms with van der Waals surface area (Å²) in [7, 11) is 0. The van der Waals surface area contributed by atoms with Gasteiger partial charge < -0.3 is 11.1 Å². The fraction of sp³-hybridized carbons (Fsp3) is 0.933. The molecule has 0 aromatic heterocycles. The van der Waals surface area contributed by atoms with E-state index in [9.17, 15) is 4.79 Å². The number of hydrogen-bond acceptors (Lipinski definition) is 2. The van der Waals surface area contributed by atoms with Crippen LogP contribution in [0.15, 0.2) is 0 Å². The van der Waals surface area contributed by atoms with E-state index in [1.165, 1.54) is 25.7 Å². The Morgan fingerprint density at radius 3 is 2.39 bits per heavy atom. The summed E-state index contributed by atoms with van der Waals surface area (Å²) in [6.07, 6.45) is 8.18. The zero-order valence-corrected chi connectivity index (χ0v) is 12.2. The number of carbonyl (C=O) groups excluding carboxylic acids is 1. The van der Waals surface area contributed by atoms with E-state index in [0.717, 1.165) is 25.2 Å². The highest BCUT2D eigenvalue weighted by atomic mass is 16.2. The lowest BCUT2D eigenvalue weighted by Crippen LogP contribution is -2.46. The van der Waals surface area contributed by atoms with Crippen molar-refractivity contribution in [1.29, 1.82) is 0 Å². The highest BCUT2D eigenvalue weighted by Crippen LogP contribution is 2.27. The van der Waals surface area contributed by atoms with Crippen molar-refractivity contribution in [2.24, 2.45) is 17.6 Å². The van der Waals surface area contributed by atoms with Gasteiger partial charge in [0.1, 0.15) is 0 Å². The minimum absolute atomic E-state index is 0.0441. The summed E-state index contributed by atoms with van der Waals surface area (Å²) in [4.78, 5) is 11.9. The molecule has 0 aromatic rings. The third-order valence-electron chi connectivity index (χ3n) is 3.95. The molecular formula is C15H30N2O. The highest BCUT2D eigenvalue weighted by molar-refractivity contribution is 5.81. The zero-order chi connectivity index (χ0) is 13.5. The molecule has 1 aliphatic rings. The van der Waals surface area contributed by atoms with Gasteiger partial charge in [0.05, 0.1) is 6.04 Å². The Balaban J connectivity index is 2.25. The molecule has 3 heteroatoms. The van der Waals surface area contributed by atoms with Gasteiger partial charge in [0, 0.05) is 6.04 Å². The Morgan fingerprint density at radius 1 is 1.28 bits per heavy atom. The maximum Gasteiger partial charge on any atom is 0.237 e. The van der Waals surface area contributed by atoms with E-state index >= 15 is 0 Å². The Kier molecular flexibility index (Phi) is 6.69. The summed E-state index contributed by atoms with van der Waals surface area (Å²) >= 11 is 0. The third kappa shape index (κ3) is 5.38. The number of carbonyl (C=O) groups is 1. The molecule has 3 N–H and O–H groups in total. The van der Waals surface area contributed by atoms with Gasteiger partial charge in [0.15, 0.2) is 0 Å². The van der Waals surface area contributed by atoms with Crippen molar-refractivity contribution in [2.45, 2.75) is 77.8 Å². The summed E-state index contributed by atoms with van der Waals surface area (Å²) in [5, 5.41) is 3.12. The van der Waals surface area contributed by atoms with E-state index in [1.807, 2.05) is 0 Å². The van der Waals surface area contributed by atoms with Crippen LogP contribution in [0.25, 0.3) is 0 Å². The standard InChI is InChI=1S/C15H30N2O/c1-4-5-12-6-8-13(9-7-12)17-15(18)14(16)10-11(2)3/h11-14H,4-10,16H2,1-3H3,(H,17,18)/t12?,13?,14-/m1/s1. The fourth-order valence-corrected chi connectivity index (χ4v) is 2.93. The SMILES string of the molecule is CCCC1CCC(NC(=O)[C@H](N)CC(C)C)CC1. The number of hydrogen-bond donors (Lipinski definition) is 2. The van der Waals surface area contributed by atoms with Crippen molar-refractivity contribution in [3.05, 3.63) is 0 Å². The van der Waals surface area contributed by atoms with Crippen molar-refractivity contribution in [1.82, 2.24) is 5.32 Å². The van der Waals surface area contributed by atoms with Crippen LogP contribution >= 0.6 is 0 Å².